The molecule has 1 fully saturated rings. The van der Waals surface area contributed by atoms with Crippen LogP contribution in [0.2, 0.25) is 0 Å². The highest BCUT2D eigenvalue weighted by molar-refractivity contribution is 8.17. The molecule has 0 amide bonds. The number of thioether (sulfide) groups is 2. The molecule has 1 aliphatic heterocycles. The topological polar surface area (TPSA) is 0 Å². The maximum Gasteiger partial charge on any atom is 0.0679 e. The molecule has 0 radical (unpaired) electrons. The maximum absolute atomic E-state index is 3.74. The molecule has 1 heterocycles. The molecule has 0 unspecified atom stereocenters. The van der Waals surface area contributed by atoms with Crippen LogP contribution in [-0.4, -0.2) is 16.1 Å². The van der Waals surface area contributed by atoms with Gasteiger partial charge in [-0.3, -0.25) is 0 Å². The zero-order chi connectivity index (χ0) is 5.82. The molecule has 46 valence electrons. The van der Waals surface area contributed by atoms with Gasteiger partial charge in [-0.05, 0) is 17.9 Å². The maximum atomic E-state index is 3.74. The van der Waals surface area contributed by atoms with Gasteiger partial charge in [-0.1, -0.05) is 6.08 Å². The summed E-state index contributed by atoms with van der Waals surface area (Å²) in [7, 11) is 0. The minimum atomic E-state index is 0.684. The first-order chi connectivity index (χ1) is 3.93. The van der Waals surface area contributed by atoms with Crippen molar-refractivity contribution in [2.45, 2.75) is 11.0 Å². The molecule has 0 aliphatic carbocycles. The first-order valence-electron chi connectivity index (χ1n) is 2.79. The predicted molar refractivity (Wildman–Crippen MR) is 43.5 cm³/mol. The van der Waals surface area contributed by atoms with Crippen molar-refractivity contribution in [3.63, 3.8) is 0 Å². The van der Waals surface area contributed by atoms with E-state index in [9.17, 15) is 0 Å². The van der Waals surface area contributed by atoms with Gasteiger partial charge in [-0.25, -0.2) is 0 Å². The van der Waals surface area contributed by atoms with Gasteiger partial charge in [0.2, 0.25) is 0 Å². The molecule has 0 saturated carbocycles. The Bertz CT molecular complexity index is 74.6. The van der Waals surface area contributed by atoms with Crippen LogP contribution in [0, 0.1) is 0 Å². The Morgan fingerprint density at radius 3 is 2.38 bits per heavy atom. The Labute approximate surface area is 59.1 Å². The zero-order valence-electron chi connectivity index (χ0n) is 4.80. The van der Waals surface area contributed by atoms with Crippen molar-refractivity contribution in [2.24, 2.45) is 0 Å². The van der Waals surface area contributed by atoms with E-state index < -0.39 is 0 Å². The highest BCUT2D eigenvalue weighted by atomic mass is 32.2. The third-order valence-electron chi connectivity index (χ3n) is 1.05. The lowest BCUT2D eigenvalue weighted by Gasteiger charge is -2.16. The van der Waals surface area contributed by atoms with E-state index in [-0.39, 0.29) is 0 Å². The predicted octanol–water partition coefficient (Wildman–Crippen LogP) is 2.37. The number of hydrogen-bond acceptors (Lipinski definition) is 2. The molecule has 0 aromatic rings. The van der Waals surface area contributed by atoms with Crippen molar-refractivity contribution in [3.05, 3.63) is 12.7 Å². The van der Waals surface area contributed by atoms with Gasteiger partial charge in [-0.15, -0.1) is 30.1 Å². The molecule has 0 bridgehead atoms. The van der Waals surface area contributed by atoms with Gasteiger partial charge in [0.15, 0.2) is 0 Å². The molecule has 0 N–H and O–H groups in total. The third-order valence-corrected chi connectivity index (χ3v) is 3.95. The van der Waals surface area contributed by atoms with Gasteiger partial charge in [0, 0.05) is 0 Å². The van der Waals surface area contributed by atoms with E-state index in [1.165, 1.54) is 17.9 Å². The van der Waals surface area contributed by atoms with Crippen molar-refractivity contribution in [3.8, 4) is 0 Å². The fraction of sp³-hybridized carbons (Fsp3) is 0.667. The lowest BCUT2D eigenvalue weighted by atomic mass is 10.6. The minimum absolute atomic E-state index is 0.684. The molecule has 0 nitrogen and oxygen atoms in total. The molecular formula is C6H10S2. The van der Waals surface area contributed by atoms with E-state index in [2.05, 4.69) is 6.58 Å². The van der Waals surface area contributed by atoms with Crippen LogP contribution in [0.1, 0.15) is 6.42 Å². The summed E-state index contributed by atoms with van der Waals surface area (Å²) >= 11 is 4.02. The Kier molecular flexibility index (Phi) is 2.84. The summed E-state index contributed by atoms with van der Waals surface area (Å²) in [6, 6.07) is 0. The number of rotatable bonds is 1. The van der Waals surface area contributed by atoms with Gasteiger partial charge < -0.3 is 0 Å². The number of hydrogen-bond donors (Lipinski definition) is 0. The second-order valence-corrected chi connectivity index (χ2v) is 4.50. The van der Waals surface area contributed by atoms with Crippen molar-refractivity contribution < 1.29 is 0 Å². The smallest absolute Gasteiger partial charge is 0.0679 e. The van der Waals surface area contributed by atoms with Crippen LogP contribution in [-0.2, 0) is 0 Å². The lowest BCUT2D eigenvalue weighted by Crippen LogP contribution is -2.02. The molecule has 1 rings (SSSR count). The molecular weight excluding hydrogens is 136 g/mol. The van der Waals surface area contributed by atoms with Crippen molar-refractivity contribution in [1.82, 2.24) is 0 Å². The van der Waals surface area contributed by atoms with E-state index in [1.54, 1.807) is 0 Å². The molecule has 0 aromatic carbocycles. The molecule has 1 aliphatic rings. The Hall–Kier alpha value is 0.440. The molecule has 0 spiro atoms. The van der Waals surface area contributed by atoms with Crippen LogP contribution in [0.15, 0.2) is 12.7 Å². The summed E-state index contributed by atoms with van der Waals surface area (Å²) in [6.07, 6.45) is 3.41. The van der Waals surface area contributed by atoms with E-state index in [0.29, 0.717) is 4.58 Å². The summed E-state index contributed by atoms with van der Waals surface area (Å²) in [6.45, 7) is 3.74. The second kappa shape index (κ2) is 3.46. The van der Waals surface area contributed by atoms with Crippen molar-refractivity contribution in [2.75, 3.05) is 11.5 Å². The van der Waals surface area contributed by atoms with Gasteiger partial charge in [0.1, 0.15) is 0 Å². The summed E-state index contributed by atoms with van der Waals surface area (Å²) in [5.41, 5.74) is 0. The van der Waals surface area contributed by atoms with Crippen LogP contribution in [0.5, 0.6) is 0 Å². The third kappa shape index (κ3) is 1.75. The van der Waals surface area contributed by atoms with Crippen LogP contribution in [0.4, 0.5) is 0 Å². The van der Waals surface area contributed by atoms with Gasteiger partial charge in [0.05, 0.1) is 4.58 Å². The Morgan fingerprint density at radius 1 is 1.38 bits per heavy atom. The van der Waals surface area contributed by atoms with E-state index in [0.717, 1.165) is 0 Å². The highest BCUT2D eigenvalue weighted by Crippen LogP contribution is 2.30. The standard InChI is InChI=1S/C6H10S2/c1-2-6-7-4-3-5-8-6/h2,6H,1,3-5H2. The average Bonchev–Trinajstić information content (AvgIpc) is 1.90. The normalized spacial score (nSPS) is 23.0. The average molecular weight is 146 g/mol. The fourth-order valence-corrected chi connectivity index (χ4v) is 3.15. The first-order valence-corrected chi connectivity index (χ1v) is 4.89. The van der Waals surface area contributed by atoms with Crippen molar-refractivity contribution in [1.29, 1.82) is 0 Å². The van der Waals surface area contributed by atoms with Crippen molar-refractivity contribution >= 4 is 23.5 Å². The second-order valence-electron chi connectivity index (χ2n) is 1.70. The zero-order valence-corrected chi connectivity index (χ0v) is 6.43. The van der Waals surface area contributed by atoms with Gasteiger partial charge in [0.25, 0.3) is 0 Å². The largest absolute Gasteiger partial charge is 0.143 e. The molecule has 0 atom stereocenters. The fourth-order valence-electron chi connectivity index (χ4n) is 0.642. The van der Waals surface area contributed by atoms with E-state index >= 15 is 0 Å². The van der Waals surface area contributed by atoms with E-state index in [4.69, 9.17) is 0 Å². The highest BCUT2D eigenvalue weighted by Gasteiger charge is 2.08. The van der Waals surface area contributed by atoms with Crippen LogP contribution < -0.4 is 0 Å². The molecule has 0 aromatic heterocycles. The molecule has 8 heavy (non-hydrogen) atoms. The molecule has 1 saturated heterocycles. The first kappa shape index (κ1) is 6.56. The quantitative estimate of drug-likeness (QED) is 0.521. The van der Waals surface area contributed by atoms with Crippen LogP contribution >= 0.6 is 23.5 Å². The van der Waals surface area contributed by atoms with Crippen LogP contribution in [0.3, 0.4) is 0 Å². The van der Waals surface area contributed by atoms with E-state index in [1.807, 2.05) is 29.6 Å². The SMILES string of the molecule is C=CC1SCCCS1. The lowest BCUT2D eigenvalue weighted by molar-refractivity contribution is 1.11. The summed E-state index contributed by atoms with van der Waals surface area (Å²) in [5.74, 6) is 2.65. The molecule has 2 heteroatoms. The summed E-state index contributed by atoms with van der Waals surface area (Å²) in [4.78, 5) is 0. The Morgan fingerprint density at radius 2 is 2.00 bits per heavy atom. The monoisotopic (exact) mass is 146 g/mol. The summed E-state index contributed by atoms with van der Waals surface area (Å²) in [5, 5.41) is 0. The summed E-state index contributed by atoms with van der Waals surface area (Å²) < 4.78 is 0.684. The minimum Gasteiger partial charge on any atom is -0.143 e. The van der Waals surface area contributed by atoms with Crippen LogP contribution in [0.25, 0.3) is 0 Å². The van der Waals surface area contributed by atoms with Gasteiger partial charge in [-0.2, -0.15) is 0 Å². The Balaban J connectivity index is 2.22. The van der Waals surface area contributed by atoms with Gasteiger partial charge >= 0.3 is 0 Å².